The van der Waals surface area contributed by atoms with Crippen molar-refractivity contribution in [2.75, 3.05) is 18.2 Å². The van der Waals surface area contributed by atoms with Gasteiger partial charge >= 0.3 is 0 Å². The molecule has 1 heterocycles. The number of rotatable bonds is 3. The number of amides is 1. The van der Waals surface area contributed by atoms with E-state index in [-0.39, 0.29) is 5.91 Å². The number of nitrogen functional groups attached to an aromatic ring is 1. The fraction of sp³-hybridized carbons (Fsp3) is 0.0909. The normalized spacial score (nSPS) is 9.94. The average Bonchev–Trinajstić information content (AvgIpc) is 2.81. The molecule has 1 aromatic carbocycles. The van der Waals surface area contributed by atoms with Crippen LogP contribution in [0.5, 0.6) is 5.75 Å². The smallest absolute Gasteiger partial charge is 0.261 e. The third kappa shape index (κ3) is 2.54. The third-order valence-corrected chi connectivity index (χ3v) is 2.81. The van der Waals surface area contributed by atoms with Gasteiger partial charge in [-0.05, 0) is 12.1 Å². The Balaban J connectivity index is 2.24. The number of hydrogen-bond donors (Lipinski definition) is 2. The number of ether oxygens (including phenoxy) is 1. The highest BCUT2D eigenvalue weighted by Crippen LogP contribution is 2.23. The summed E-state index contributed by atoms with van der Waals surface area (Å²) in [6.45, 7) is 0. The summed E-state index contributed by atoms with van der Waals surface area (Å²) in [5, 5.41) is 5.02. The van der Waals surface area contributed by atoms with E-state index in [1.54, 1.807) is 29.8 Å². The number of carbonyl (C=O) groups excluding carboxylic acids is 1. The van der Waals surface area contributed by atoms with Crippen LogP contribution in [0.2, 0.25) is 0 Å². The van der Waals surface area contributed by atoms with Gasteiger partial charge in [-0.1, -0.05) is 0 Å². The highest BCUT2D eigenvalue weighted by Gasteiger charge is 2.13. The van der Waals surface area contributed by atoms with Crippen LogP contribution in [0, 0.1) is 0 Å². The number of methoxy groups -OCH3 is 1. The molecule has 1 aromatic heterocycles. The zero-order valence-corrected chi connectivity index (χ0v) is 9.95. The molecule has 2 rings (SSSR count). The maximum atomic E-state index is 11.9. The zero-order valence-electron chi connectivity index (χ0n) is 9.14. The second-order valence-corrected chi connectivity index (χ2v) is 4.15. The maximum Gasteiger partial charge on any atom is 0.261 e. The monoisotopic (exact) mass is 249 g/mol. The minimum absolute atomic E-state index is 0.267. The molecule has 6 heteroatoms. The molecule has 0 aliphatic carbocycles. The Hall–Kier alpha value is -2.08. The van der Waals surface area contributed by atoms with Crippen LogP contribution < -0.4 is 15.8 Å². The van der Waals surface area contributed by atoms with Crippen molar-refractivity contribution in [3.05, 3.63) is 35.3 Å². The van der Waals surface area contributed by atoms with Crippen LogP contribution in [0.25, 0.3) is 0 Å². The van der Waals surface area contributed by atoms with E-state index >= 15 is 0 Å². The zero-order chi connectivity index (χ0) is 12.3. The number of carbonyl (C=O) groups is 1. The quantitative estimate of drug-likeness (QED) is 0.815. The third-order valence-electron chi connectivity index (χ3n) is 2.12. The van der Waals surface area contributed by atoms with Crippen molar-refractivity contribution in [3.63, 3.8) is 0 Å². The van der Waals surface area contributed by atoms with E-state index in [1.807, 2.05) is 0 Å². The molecule has 0 aliphatic rings. The van der Waals surface area contributed by atoms with E-state index in [4.69, 9.17) is 10.5 Å². The number of anilines is 2. The van der Waals surface area contributed by atoms with Gasteiger partial charge in [-0.3, -0.25) is 10.1 Å². The Bertz CT molecular complexity index is 526. The van der Waals surface area contributed by atoms with Crippen LogP contribution in [0.4, 0.5) is 10.8 Å². The summed E-state index contributed by atoms with van der Waals surface area (Å²) in [5.74, 6) is 0.177. The second-order valence-electron chi connectivity index (χ2n) is 3.25. The first kappa shape index (κ1) is 11.4. The second kappa shape index (κ2) is 4.84. The van der Waals surface area contributed by atoms with E-state index in [0.717, 1.165) is 0 Å². The summed E-state index contributed by atoms with van der Waals surface area (Å²) in [6, 6.07) is 4.88. The highest BCUT2D eigenvalue weighted by molar-refractivity contribution is 7.13. The van der Waals surface area contributed by atoms with Crippen LogP contribution in [-0.2, 0) is 0 Å². The number of hydrogen-bond acceptors (Lipinski definition) is 5. The predicted molar refractivity (Wildman–Crippen MR) is 67.5 cm³/mol. The summed E-state index contributed by atoms with van der Waals surface area (Å²) in [4.78, 5) is 15.9. The largest absolute Gasteiger partial charge is 0.496 e. The maximum absolute atomic E-state index is 11.9. The molecular weight excluding hydrogens is 238 g/mol. The number of nitrogens with one attached hydrogen (secondary N) is 1. The molecule has 0 radical (unpaired) electrons. The van der Waals surface area contributed by atoms with Gasteiger partial charge in [0, 0.05) is 23.3 Å². The van der Waals surface area contributed by atoms with Gasteiger partial charge in [0.05, 0.1) is 12.7 Å². The lowest BCUT2D eigenvalue weighted by Crippen LogP contribution is -2.13. The van der Waals surface area contributed by atoms with E-state index in [9.17, 15) is 4.79 Å². The van der Waals surface area contributed by atoms with Crippen molar-refractivity contribution in [2.24, 2.45) is 0 Å². The van der Waals surface area contributed by atoms with Gasteiger partial charge in [-0.25, -0.2) is 4.98 Å². The highest BCUT2D eigenvalue weighted by atomic mass is 32.1. The molecule has 0 atom stereocenters. The van der Waals surface area contributed by atoms with Crippen molar-refractivity contribution < 1.29 is 9.53 Å². The standard InChI is InChI=1S/C11H11N3O2S/c1-16-9-6-7(12)2-3-8(9)10(15)14-11-13-4-5-17-11/h2-6H,12H2,1H3,(H,13,14,15). The summed E-state index contributed by atoms with van der Waals surface area (Å²) in [7, 11) is 1.49. The lowest BCUT2D eigenvalue weighted by Gasteiger charge is -2.08. The van der Waals surface area contributed by atoms with Gasteiger partial charge in [0.1, 0.15) is 5.75 Å². The van der Waals surface area contributed by atoms with Crippen molar-refractivity contribution in [3.8, 4) is 5.75 Å². The molecule has 88 valence electrons. The first-order valence-electron chi connectivity index (χ1n) is 4.85. The number of nitrogens with zero attached hydrogens (tertiary/aromatic N) is 1. The van der Waals surface area contributed by atoms with E-state index in [1.165, 1.54) is 18.4 Å². The van der Waals surface area contributed by atoms with Gasteiger partial charge in [-0.15, -0.1) is 11.3 Å². The minimum Gasteiger partial charge on any atom is -0.496 e. The molecule has 0 aliphatic heterocycles. The lowest BCUT2D eigenvalue weighted by molar-refractivity contribution is 0.102. The predicted octanol–water partition coefficient (Wildman–Crippen LogP) is 1.99. The Morgan fingerprint density at radius 3 is 3.00 bits per heavy atom. The van der Waals surface area contributed by atoms with Gasteiger partial charge in [0.15, 0.2) is 5.13 Å². The Morgan fingerprint density at radius 1 is 1.53 bits per heavy atom. The fourth-order valence-electron chi connectivity index (χ4n) is 1.35. The summed E-state index contributed by atoms with van der Waals surface area (Å²) < 4.78 is 5.11. The molecule has 1 amide bonds. The minimum atomic E-state index is -0.267. The van der Waals surface area contributed by atoms with Gasteiger partial charge in [-0.2, -0.15) is 0 Å². The van der Waals surface area contributed by atoms with E-state index in [2.05, 4.69) is 10.3 Å². The molecule has 5 nitrogen and oxygen atoms in total. The fourth-order valence-corrected chi connectivity index (χ4v) is 1.87. The number of benzene rings is 1. The topological polar surface area (TPSA) is 77.2 Å². The number of thiazole rings is 1. The van der Waals surface area contributed by atoms with E-state index in [0.29, 0.717) is 22.1 Å². The number of nitrogens with two attached hydrogens (primary N) is 1. The van der Waals surface area contributed by atoms with Gasteiger partial charge in [0.2, 0.25) is 0 Å². The molecule has 0 bridgehead atoms. The van der Waals surface area contributed by atoms with Crippen LogP contribution in [0.15, 0.2) is 29.8 Å². The molecule has 17 heavy (non-hydrogen) atoms. The molecule has 0 spiro atoms. The summed E-state index contributed by atoms with van der Waals surface area (Å²) >= 11 is 1.35. The Morgan fingerprint density at radius 2 is 2.35 bits per heavy atom. The lowest BCUT2D eigenvalue weighted by atomic mass is 10.1. The van der Waals surface area contributed by atoms with Crippen molar-refractivity contribution >= 4 is 28.1 Å². The van der Waals surface area contributed by atoms with Gasteiger partial charge in [0.25, 0.3) is 5.91 Å². The molecule has 0 saturated carbocycles. The average molecular weight is 249 g/mol. The summed E-state index contributed by atoms with van der Waals surface area (Å²) in [6.07, 6.45) is 1.63. The van der Waals surface area contributed by atoms with Crippen molar-refractivity contribution in [1.29, 1.82) is 0 Å². The molecule has 0 unspecified atom stereocenters. The summed E-state index contributed by atoms with van der Waals surface area (Å²) in [5.41, 5.74) is 6.59. The van der Waals surface area contributed by atoms with Crippen LogP contribution in [0.3, 0.4) is 0 Å². The van der Waals surface area contributed by atoms with E-state index < -0.39 is 0 Å². The van der Waals surface area contributed by atoms with Crippen molar-refractivity contribution in [1.82, 2.24) is 4.98 Å². The van der Waals surface area contributed by atoms with Crippen molar-refractivity contribution in [2.45, 2.75) is 0 Å². The van der Waals surface area contributed by atoms with Crippen LogP contribution in [-0.4, -0.2) is 18.0 Å². The molecular formula is C11H11N3O2S. The Labute approximate surface area is 102 Å². The first-order valence-corrected chi connectivity index (χ1v) is 5.73. The molecule has 0 saturated heterocycles. The van der Waals surface area contributed by atoms with Gasteiger partial charge < -0.3 is 10.5 Å². The SMILES string of the molecule is COc1cc(N)ccc1C(=O)Nc1nccs1. The first-order chi connectivity index (χ1) is 8.20. The molecule has 2 aromatic rings. The molecule has 3 N–H and O–H groups in total. The van der Waals surface area contributed by atoms with Crippen LogP contribution >= 0.6 is 11.3 Å². The molecule has 0 fully saturated rings. The Kier molecular flexibility index (Phi) is 3.24. The van der Waals surface area contributed by atoms with Crippen LogP contribution in [0.1, 0.15) is 10.4 Å². The number of aromatic nitrogens is 1.